The summed E-state index contributed by atoms with van der Waals surface area (Å²) < 4.78 is 26.2. The Hall–Kier alpha value is -4.46. The third-order valence-electron chi connectivity index (χ3n) is 5.99. The minimum absolute atomic E-state index is 0. The molecule has 0 aliphatic carbocycles. The maximum absolute atomic E-state index is 11.6. The van der Waals surface area contributed by atoms with Crippen molar-refractivity contribution >= 4 is 33.5 Å². The fourth-order valence-corrected chi connectivity index (χ4v) is 4.25. The fourth-order valence-electron chi connectivity index (χ4n) is 4.25. The first-order valence-electron chi connectivity index (χ1n) is 11.3. The first-order chi connectivity index (χ1) is 17.7. The number of hydrogen-bond acceptors (Lipinski definition) is 7. The summed E-state index contributed by atoms with van der Waals surface area (Å²) in [6.45, 7) is 3.88. The van der Waals surface area contributed by atoms with Crippen molar-refractivity contribution in [1.29, 1.82) is 0 Å². The maximum Gasteiger partial charge on any atom is 0.337 e. The summed E-state index contributed by atoms with van der Waals surface area (Å²) in [5.74, 6) is 1.54. The summed E-state index contributed by atoms with van der Waals surface area (Å²) in [6, 6.07) is 13.9. The lowest BCUT2D eigenvalue weighted by molar-refractivity contribution is 0.0600. The molecule has 0 radical (unpaired) electrons. The van der Waals surface area contributed by atoms with Crippen LogP contribution in [-0.4, -0.2) is 52.6 Å². The summed E-state index contributed by atoms with van der Waals surface area (Å²) in [6.07, 6.45) is 0. The van der Waals surface area contributed by atoms with E-state index in [9.17, 15) is 9.59 Å². The van der Waals surface area contributed by atoms with E-state index in [-0.39, 0.29) is 26.4 Å². The van der Waals surface area contributed by atoms with E-state index in [1.165, 1.54) is 7.11 Å². The van der Waals surface area contributed by atoms with Crippen LogP contribution in [0.25, 0.3) is 21.5 Å². The van der Waals surface area contributed by atoms with Crippen molar-refractivity contribution in [2.75, 3.05) is 35.5 Å². The van der Waals surface area contributed by atoms with E-state index < -0.39 is 5.97 Å². The molecule has 0 aliphatic rings. The summed E-state index contributed by atoms with van der Waals surface area (Å²) in [4.78, 5) is 22.6. The number of fused-ring (bicyclic) bond motifs is 2. The summed E-state index contributed by atoms with van der Waals surface area (Å²) in [5.41, 5.74) is 2.65. The highest BCUT2D eigenvalue weighted by molar-refractivity contribution is 6.01. The predicted octanol–water partition coefficient (Wildman–Crippen LogP) is 7.09. The van der Waals surface area contributed by atoms with Gasteiger partial charge in [0.05, 0.1) is 46.7 Å². The van der Waals surface area contributed by atoms with Crippen molar-refractivity contribution in [2.45, 2.75) is 28.7 Å². The molecule has 0 amide bonds. The van der Waals surface area contributed by atoms with E-state index in [1.807, 2.05) is 32.0 Å². The van der Waals surface area contributed by atoms with Crippen molar-refractivity contribution < 1.29 is 38.4 Å². The molecule has 0 aromatic heterocycles. The first kappa shape index (κ1) is 32.6. The molecular weight excluding hydrogens is 500 g/mol. The van der Waals surface area contributed by atoms with Crippen molar-refractivity contribution in [3.05, 3.63) is 70.8 Å². The lowest BCUT2D eigenvalue weighted by atomic mass is 10.0. The Kier molecular flexibility index (Phi) is 11.6. The number of aromatic carboxylic acids is 1. The lowest BCUT2D eigenvalue weighted by Gasteiger charge is -2.13. The van der Waals surface area contributed by atoms with Gasteiger partial charge in [-0.3, -0.25) is 0 Å². The number of carboxylic acid groups (broad SMARTS) is 1. The number of methoxy groups -OCH3 is 5. The van der Waals surface area contributed by atoms with Gasteiger partial charge >= 0.3 is 11.9 Å². The van der Waals surface area contributed by atoms with Gasteiger partial charge in [0.25, 0.3) is 0 Å². The van der Waals surface area contributed by atoms with E-state index >= 15 is 0 Å². The van der Waals surface area contributed by atoms with Gasteiger partial charge in [-0.15, -0.1) is 0 Å². The molecule has 8 nitrogen and oxygen atoms in total. The van der Waals surface area contributed by atoms with E-state index in [1.54, 1.807) is 58.8 Å². The zero-order valence-corrected chi connectivity index (χ0v) is 21.9. The maximum atomic E-state index is 11.6. The number of carboxylic acids is 1. The molecule has 0 atom stereocenters. The van der Waals surface area contributed by atoms with E-state index in [4.69, 9.17) is 28.8 Å². The number of rotatable bonds is 6. The van der Waals surface area contributed by atoms with Crippen LogP contribution < -0.4 is 18.9 Å². The Morgan fingerprint density at radius 3 is 1.36 bits per heavy atom. The Morgan fingerprint density at radius 1 is 0.590 bits per heavy atom. The second kappa shape index (κ2) is 13.9. The van der Waals surface area contributed by atoms with Gasteiger partial charge in [-0.05, 0) is 73.5 Å². The molecule has 0 saturated heterocycles. The highest BCUT2D eigenvalue weighted by Gasteiger charge is 2.15. The molecule has 4 aromatic rings. The molecule has 8 heteroatoms. The largest absolute Gasteiger partial charge is 0.496 e. The van der Waals surface area contributed by atoms with Crippen LogP contribution in [0.15, 0.2) is 48.5 Å². The molecule has 0 heterocycles. The second-order valence-electron chi connectivity index (χ2n) is 8.18. The molecule has 39 heavy (non-hydrogen) atoms. The number of esters is 1. The molecule has 0 aliphatic heterocycles. The van der Waals surface area contributed by atoms with Crippen LogP contribution in [0, 0.1) is 13.8 Å². The van der Waals surface area contributed by atoms with Crippen molar-refractivity contribution in [2.24, 2.45) is 0 Å². The average Bonchev–Trinajstić information content (AvgIpc) is 2.91. The van der Waals surface area contributed by atoms with Crippen LogP contribution in [0.4, 0.5) is 0 Å². The number of hydrogen-bond donors (Lipinski definition) is 1. The van der Waals surface area contributed by atoms with Crippen LogP contribution in [-0.2, 0) is 4.74 Å². The van der Waals surface area contributed by atoms with Gasteiger partial charge in [0, 0.05) is 21.5 Å². The molecule has 0 unspecified atom stereocenters. The first-order valence-corrected chi connectivity index (χ1v) is 11.3. The monoisotopic (exact) mass is 538 g/mol. The van der Waals surface area contributed by atoms with Crippen molar-refractivity contribution in [1.82, 2.24) is 0 Å². The highest BCUT2D eigenvalue weighted by atomic mass is 16.5. The third-order valence-corrected chi connectivity index (χ3v) is 5.99. The quantitative estimate of drug-likeness (QED) is 0.260. The number of carbonyl (C=O) groups is 2. The molecule has 0 spiro atoms. The zero-order chi connectivity index (χ0) is 27.3. The highest BCUT2D eigenvalue weighted by Crippen LogP contribution is 2.38. The van der Waals surface area contributed by atoms with E-state index in [2.05, 4.69) is 0 Å². The molecule has 1 N–H and O–H groups in total. The van der Waals surface area contributed by atoms with Crippen LogP contribution in [0.3, 0.4) is 0 Å². The number of benzene rings is 4. The molecule has 0 bridgehead atoms. The number of aryl methyl sites for hydroxylation is 2. The molecule has 4 rings (SSSR count). The van der Waals surface area contributed by atoms with E-state index in [0.717, 1.165) is 44.2 Å². The van der Waals surface area contributed by atoms with Gasteiger partial charge in [0.1, 0.15) is 23.0 Å². The smallest absolute Gasteiger partial charge is 0.337 e. The van der Waals surface area contributed by atoms with Gasteiger partial charge in [-0.2, -0.15) is 0 Å². The minimum Gasteiger partial charge on any atom is -0.496 e. The molecule has 0 fully saturated rings. The Morgan fingerprint density at radius 2 is 1.00 bits per heavy atom. The topological polar surface area (TPSA) is 101 Å². The molecule has 4 aromatic carbocycles. The Labute approximate surface area is 230 Å². The number of ether oxygens (including phenoxy) is 5. The van der Waals surface area contributed by atoms with Gasteiger partial charge in [0.2, 0.25) is 0 Å². The normalized spacial score (nSPS) is 9.82. The molecular formula is C31H38O8. The molecule has 0 saturated carbocycles. The standard InChI is InChI=1S/C15H16O4.C14H14O4.2CH4/c1-9-7-13(17-2)12-8-10(15(16)19-4)5-6-11(12)14(9)18-3;1-8-6-12(17-2)11-7-9(14(15)16)4-5-10(11)13(8)18-3;;/h5-8H,1-4H3;4-7H,1-3H3,(H,15,16);2*1H4. The average molecular weight is 539 g/mol. The van der Waals surface area contributed by atoms with E-state index in [0.29, 0.717) is 17.1 Å². The van der Waals surface area contributed by atoms with Crippen LogP contribution in [0.1, 0.15) is 46.7 Å². The Balaban J connectivity index is 0.000000371. The lowest BCUT2D eigenvalue weighted by Crippen LogP contribution is -2.01. The second-order valence-corrected chi connectivity index (χ2v) is 8.18. The van der Waals surface area contributed by atoms with Gasteiger partial charge in [0.15, 0.2) is 0 Å². The van der Waals surface area contributed by atoms with Crippen molar-refractivity contribution in [3.63, 3.8) is 0 Å². The zero-order valence-electron chi connectivity index (χ0n) is 21.9. The third kappa shape index (κ3) is 6.52. The fraction of sp³-hybridized carbons (Fsp3) is 0.290. The SMILES string of the molecule is C.C.COC(=O)c1ccc2c(OC)c(C)cc(OC)c2c1.COc1cc(C)c(OC)c2ccc(C(=O)O)cc12. The van der Waals surface area contributed by atoms with Gasteiger partial charge in [-0.1, -0.05) is 14.9 Å². The predicted molar refractivity (Wildman–Crippen MR) is 155 cm³/mol. The summed E-state index contributed by atoms with van der Waals surface area (Å²) in [5, 5.41) is 12.3. The molecule has 210 valence electrons. The minimum atomic E-state index is -0.960. The Bertz CT molecular complexity index is 1470. The van der Waals surface area contributed by atoms with Gasteiger partial charge in [-0.25, -0.2) is 9.59 Å². The van der Waals surface area contributed by atoms with Crippen molar-refractivity contribution in [3.8, 4) is 23.0 Å². The van der Waals surface area contributed by atoms with Crippen LogP contribution in [0.2, 0.25) is 0 Å². The van der Waals surface area contributed by atoms with Crippen LogP contribution >= 0.6 is 0 Å². The summed E-state index contributed by atoms with van der Waals surface area (Å²) >= 11 is 0. The van der Waals surface area contributed by atoms with Crippen LogP contribution in [0.5, 0.6) is 23.0 Å². The summed E-state index contributed by atoms with van der Waals surface area (Å²) in [7, 11) is 7.75. The number of carbonyl (C=O) groups excluding carboxylic acids is 1. The van der Waals surface area contributed by atoms with Gasteiger partial charge < -0.3 is 28.8 Å².